The number of ether oxygens (including phenoxy) is 1. The van der Waals surface area contributed by atoms with Crippen LogP contribution in [0.15, 0.2) is 89.9 Å². The van der Waals surface area contributed by atoms with Gasteiger partial charge in [0, 0.05) is 37.0 Å². The number of para-hydroxylation sites is 1. The lowest BCUT2D eigenvalue weighted by Crippen LogP contribution is -2.25. The maximum atomic E-state index is 13.2. The van der Waals surface area contributed by atoms with E-state index in [1.165, 1.54) is 4.68 Å². The molecule has 3 heterocycles. The molecule has 2 aromatic heterocycles. The van der Waals surface area contributed by atoms with Crippen molar-refractivity contribution in [3.05, 3.63) is 107 Å². The second-order valence-electron chi connectivity index (χ2n) is 10.8. The maximum Gasteiger partial charge on any atom is 0.284 e. The Labute approximate surface area is 249 Å². The van der Waals surface area contributed by atoms with E-state index in [1.807, 2.05) is 66.7 Å². The van der Waals surface area contributed by atoms with Crippen LogP contribution in [0, 0.1) is 6.92 Å². The molecule has 3 aromatic carbocycles. The largest absolute Gasteiger partial charge is 0.489 e. The van der Waals surface area contributed by atoms with Gasteiger partial charge in [0.2, 0.25) is 0 Å². The SMILES string of the molecule is Cc1c(C(=O)Nc2ccc(-c3nc(-c4cccc(OC5CCN(C)C5)c4)cnc3N)cc2)c(=O)n(-c2ccccc2)n1C. The summed E-state index contributed by atoms with van der Waals surface area (Å²) in [5.74, 6) is 0.610. The molecule has 1 aliphatic heterocycles. The zero-order valence-electron chi connectivity index (χ0n) is 24.3. The number of rotatable bonds is 7. The molecular formula is C33H33N7O3. The van der Waals surface area contributed by atoms with Gasteiger partial charge in [-0.3, -0.25) is 14.3 Å². The number of aromatic nitrogens is 4. The first-order valence-electron chi connectivity index (χ1n) is 14.1. The highest BCUT2D eigenvalue weighted by Crippen LogP contribution is 2.29. The van der Waals surface area contributed by atoms with Crippen LogP contribution < -0.4 is 21.3 Å². The first-order valence-corrected chi connectivity index (χ1v) is 14.1. The third kappa shape index (κ3) is 5.64. The minimum Gasteiger partial charge on any atom is -0.489 e. The lowest BCUT2D eigenvalue weighted by molar-refractivity contribution is 0.102. The van der Waals surface area contributed by atoms with Crippen molar-refractivity contribution < 1.29 is 9.53 Å². The molecule has 218 valence electrons. The van der Waals surface area contributed by atoms with Gasteiger partial charge in [0.15, 0.2) is 0 Å². The van der Waals surface area contributed by atoms with Gasteiger partial charge in [0.25, 0.3) is 11.5 Å². The number of likely N-dealkylation sites (tertiary alicyclic amines) is 1. The summed E-state index contributed by atoms with van der Waals surface area (Å²) in [6, 6.07) is 24.2. The predicted octanol–water partition coefficient (Wildman–Crippen LogP) is 4.53. The van der Waals surface area contributed by atoms with Gasteiger partial charge in [-0.15, -0.1) is 0 Å². The average Bonchev–Trinajstić information content (AvgIpc) is 3.52. The van der Waals surface area contributed by atoms with Gasteiger partial charge in [0.05, 0.1) is 23.3 Å². The monoisotopic (exact) mass is 575 g/mol. The van der Waals surface area contributed by atoms with Crippen LogP contribution in [0.5, 0.6) is 5.75 Å². The molecule has 1 unspecified atom stereocenters. The molecule has 0 saturated carbocycles. The van der Waals surface area contributed by atoms with Gasteiger partial charge in [-0.05, 0) is 56.8 Å². The number of hydrogen-bond donors (Lipinski definition) is 2. The Bertz CT molecular complexity index is 1850. The first-order chi connectivity index (χ1) is 20.8. The van der Waals surface area contributed by atoms with Crippen molar-refractivity contribution in [3.8, 4) is 34.0 Å². The summed E-state index contributed by atoms with van der Waals surface area (Å²) in [7, 11) is 3.85. The van der Waals surface area contributed by atoms with Gasteiger partial charge in [0.1, 0.15) is 28.9 Å². The minimum atomic E-state index is -0.479. The summed E-state index contributed by atoms with van der Waals surface area (Å²) < 4.78 is 9.36. The van der Waals surface area contributed by atoms with Crippen molar-refractivity contribution in [1.29, 1.82) is 0 Å². The third-order valence-corrected chi connectivity index (χ3v) is 7.78. The lowest BCUT2D eigenvalue weighted by atomic mass is 10.1. The highest BCUT2D eigenvalue weighted by atomic mass is 16.5. The number of hydrogen-bond acceptors (Lipinski definition) is 7. The fourth-order valence-electron chi connectivity index (χ4n) is 5.40. The van der Waals surface area contributed by atoms with E-state index in [1.54, 1.807) is 37.0 Å². The summed E-state index contributed by atoms with van der Waals surface area (Å²) in [6.07, 6.45) is 2.82. The zero-order valence-corrected chi connectivity index (χ0v) is 24.3. The third-order valence-electron chi connectivity index (χ3n) is 7.78. The summed E-state index contributed by atoms with van der Waals surface area (Å²) in [4.78, 5) is 37.9. The fourth-order valence-corrected chi connectivity index (χ4v) is 5.40. The zero-order chi connectivity index (χ0) is 30.1. The number of nitrogens with one attached hydrogen (secondary N) is 1. The van der Waals surface area contributed by atoms with E-state index in [-0.39, 0.29) is 17.2 Å². The van der Waals surface area contributed by atoms with E-state index in [4.69, 9.17) is 15.5 Å². The van der Waals surface area contributed by atoms with E-state index in [2.05, 4.69) is 22.2 Å². The van der Waals surface area contributed by atoms with Crippen molar-refractivity contribution in [2.24, 2.45) is 7.05 Å². The number of nitrogen functional groups attached to an aromatic ring is 1. The molecule has 10 nitrogen and oxygen atoms in total. The van der Waals surface area contributed by atoms with Crippen LogP contribution in [0.25, 0.3) is 28.2 Å². The molecular weight excluding hydrogens is 542 g/mol. The molecule has 1 atom stereocenters. The number of nitrogens with two attached hydrogens (primary N) is 1. The van der Waals surface area contributed by atoms with Crippen LogP contribution >= 0.6 is 0 Å². The van der Waals surface area contributed by atoms with Crippen LogP contribution in [-0.2, 0) is 7.05 Å². The molecule has 1 saturated heterocycles. The Hall–Kier alpha value is -5.22. The highest BCUT2D eigenvalue weighted by Gasteiger charge is 2.23. The number of amides is 1. The quantitative estimate of drug-likeness (QED) is 0.293. The van der Waals surface area contributed by atoms with Gasteiger partial charge >= 0.3 is 0 Å². The molecule has 10 heteroatoms. The molecule has 0 radical (unpaired) electrons. The van der Waals surface area contributed by atoms with E-state index in [9.17, 15) is 9.59 Å². The number of nitrogens with zero attached hydrogens (tertiary/aromatic N) is 5. The Morgan fingerprint density at radius 1 is 1.00 bits per heavy atom. The predicted molar refractivity (Wildman–Crippen MR) is 168 cm³/mol. The van der Waals surface area contributed by atoms with Crippen molar-refractivity contribution in [3.63, 3.8) is 0 Å². The maximum absolute atomic E-state index is 13.2. The molecule has 0 aliphatic carbocycles. The number of carbonyl (C=O) groups is 1. The molecule has 6 rings (SSSR count). The molecule has 5 aromatic rings. The summed E-state index contributed by atoms with van der Waals surface area (Å²) >= 11 is 0. The van der Waals surface area contributed by atoms with Gasteiger partial charge in [-0.2, -0.15) is 0 Å². The van der Waals surface area contributed by atoms with Crippen LogP contribution in [-0.4, -0.2) is 56.4 Å². The molecule has 3 N–H and O–H groups in total. The lowest BCUT2D eigenvalue weighted by Gasteiger charge is -2.14. The van der Waals surface area contributed by atoms with Gasteiger partial charge < -0.3 is 20.7 Å². The molecule has 1 fully saturated rings. The number of anilines is 2. The van der Waals surface area contributed by atoms with Gasteiger partial charge in [-0.25, -0.2) is 14.6 Å². The van der Waals surface area contributed by atoms with Crippen molar-refractivity contribution in [2.75, 3.05) is 31.2 Å². The standard InChI is InChI=1S/C33H33N7O3/c1-21-29(33(42)40(39(21)3)25-9-5-4-6-10-25)32(41)36-24-14-12-22(13-15-24)30-31(34)35-19-28(37-30)23-8-7-11-26(18-23)43-27-16-17-38(2)20-27/h4-15,18-19,27H,16-17,20H2,1-3H3,(H2,34,35)(H,36,41). The minimum absolute atomic E-state index is 0.0874. The van der Waals surface area contributed by atoms with E-state index >= 15 is 0 Å². The highest BCUT2D eigenvalue weighted by molar-refractivity contribution is 6.05. The van der Waals surface area contributed by atoms with Crippen LogP contribution in [0.1, 0.15) is 22.5 Å². The second kappa shape index (κ2) is 11.6. The summed E-state index contributed by atoms with van der Waals surface area (Å²) in [5, 5.41) is 2.85. The van der Waals surface area contributed by atoms with Gasteiger partial charge in [-0.1, -0.05) is 42.5 Å². The molecule has 1 amide bonds. The van der Waals surface area contributed by atoms with Crippen LogP contribution in [0.4, 0.5) is 11.5 Å². The van der Waals surface area contributed by atoms with Crippen LogP contribution in [0.2, 0.25) is 0 Å². The number of benzene rings is 3. The Balaban J connectivity index is 1.21. The number of likely N-dealkylation sites (N-methyl/N-ethyl adjacent to an activating group) is 1. The smallest absolute Gasteiger partial charge is 0.284 e. The Kier molecular flexibility index (Phi) is 7.52. The fraction of sp³-hybridized carbons (Fsp3) is 0.212. The second-order valence-corrected chi connectivity index (χ2v) is 10.8. The van der Waals surface area contributed by atoms with Crippen molar-refractivity contribution >= 4 is 17.4 Å². The van der Waals surface area contributed by atoms with E-state index < -0.39 is 5.91 Å². The average molecular weight is 576 g/mol. The van der Waals surface area contributed by atoms with Crippen LogP contribution in [0.3, 0.4) is 0 Å². The summed E-state index contributed by atoms with van der Waals surface area (Å²) in [6.45, 7) is 3.69. The topological polar surface area (TPSA) is 120 Å². The van der Waals surface area contributed by atoms with Crippen molar-refractivity contribution in [1.82, 2.24) is 24.2 Å². The van der Waals surface area contributed by atoms with E-state index in [0.29, 0.717) is 34.3 Å². The molecule has 0 bridgehead atoms. The normalized spacial score (nSPS) is 15.0. The first kappa shape index (κ1) is 27.9. The van der Waals surface area contributed by atoms with E-state index in [0.717, 1.165) is 36.4 Å². The molecule has 0 spiro atoms. The Morgan fingerprint density at radius 3 is 2.49 bits per heavy atom. The number of carbonyl (C=O) groups excluding carboxylic acids is 1. The molecule has 43 heavy (non-hydrogen) atoms. The van der Waals surface area contributed by atoms with Crippen molar-refractivity contribution in [2.45, 2.75) is 19.4 Å². The molecule has 1 aliphatic rings. The Morgan fingerprint density at radius 2 is 1.77 bits per heavy atom. The summed E-state index contributed by atoms with van der Waals surface area (Å²) in [5.41, 5.74) is 10.5.